The Morgan fingerprint density at radius 3 is 2.31 bits per heavy atom. The summed E-state index contributed by atoms with van der Waals surface area (Å²) in [6.45, 7) is 8.31. The Labute approximate surface area is 81.3 Å². The molecule has 1 rings (SSSR count). The summed E-state index contributed by atoms with van der Waals surface area (Å²) in [6.07, 6.45) is 3.07. The van der Waals surface area contributed by atoms with E-state index in [0.717, 1.165) is 19.3 Å². The summed E-state index contributed by atoms with van der Waals surface area (Å²) in [5.74, 6) is 0.444. The van der Waals surface area contributed by atoms with E-state index in [0.29, 0.717) is 5.92 Å². The van der Waals surface area contributed by atoms with Crippen molar-refractivity contribution in [2.75, 3.05) is 0 Å². The van der Waals surface area contributed by atoms with Crippen LogP contribution in [0.1, 0.15) is 47.0 Å². The molecule has 0 bridgehead atoms. The van der Waals surface area contributed by atoms with Crippen molar-refractivity contribution in [1.29, 1.82) is 0 Å². The van der Waals surface area contributed by atoms with Crippen LogP contribution in [0, 0.1) is 5.92 Å². The molecule has 0 aromatic carbocycles. The van der Waals surface area contributed by atoms with Crippen LogP contribution in [0.2, 0.25) is 0 Å². The van der Waals surface area contributed by atoms with E-state index in [1.807, 2.05) is 0 Å². The van der Waals surface area contributed by atoms with Crippen molar-refractivity contribution in [2.24, 2.45) is 5.92 Å². The van der Waals surface area contributed by atoms with Crippen LogP contribution in [0.15, 0.2) is 0 Å². The fourth-order valence-corrected chi connectivity index (χ4v) is 1.87. The predicted octanol–water partition coefficient (Wildman–Crippen LogP) is 2.35. The fourth-order valence-electron chi connectivity index (χ4n) is 1.87. The molecule has 3 atom stereocenters. The van der Waals surface area contributed by atoms with Gasteiger partial charge in [0.1, 0.15) is 0 Å². The predicted molar refractivity (Wildman–Crippen MR) is 53.6 cm³/mol. The molecule has 1 aliphatic carbocycles. The van der Waals surface area contributed by atoms with Gasteiger partial charge in [0.05, 0.1) is 17.8 Å². The third kappa shape index (κ3) is 3.65. The van der Waals surface area contributed by atoms with Crippen molar-refractivity contribution in [1.82, 2.24) is 0 Å². The van der Waals surface area contributed by atoms with Crippen molar-refractivity contribution in [2.45, 2.75) is 64.8 Å². The van der Waals surface area contributed by atoms with E-state index in [1.54, 1.807) is 0 Å². The molecular weight excluding hydrogens is 164 g/mol. The molecule has 0 saturated heterocycles. The van der Waals surface area contributed by atoms with Crippen molar-refractivity contribution in [3.05, 3.63) is 0 Å². The normalized spacial score (nSPS) is 36.2. The molecule has 1 N–H and O–H groups in total. The highest BCUT2D eigenvalue weighted by molar-refractivity contribution is 4.79. The van der Waals surface area contributed by atoms with Gasteiger partial charge < -0.3 is 9.84 Å². The highest BCUT2D eigenvalue weighted by atomic mass is 16.5. The molecule has 0 heterocycles. The first-order valence-electron chi connectivity index (χ1n) is 5.24. The summed E-state index contributed by atoms with van der Waals surface area (Å²) in [4.78, 5) is 0. The number of hydrogen-bond acceptors (Lipinski definition) is 2. The molecule has 2 heteroatoms. The Hall–Kier alpha value is -0.0800. The van der Waals surface area contributed by atoms with E-state index in [-0.39, 0.29) is 17.8 Å². The highest BCUT2D eigenvalue weighted by Gasteiger charge is 2.29. The third-order valence-corrected chi connectivity index (χ3v) is 2.63. The first kappa shape index (κ1) is 11.0. The lowest BCUT2D eigenvalue weighted by molar-refractivity contribution is -0.102. The first-order valence-corrected chi connectivity index (χ1v) is 5.24. The maximum atomic E-state index is 9.66. The first-order chi connectivity index (χ1) is 5.88. The minimum absolute atomic E-state index is 0.0784. The van der Waals surface area contributed by atoms with Crippen LogP contribution in [0.5, 0.6) is 0 Å². The van der Waals surface area contributed by atoms with Gasteiger partial charge in [-0.05, 0) is 46.0 Å². The quantitative estimate of drug-likeness (QED) is 0.681. The van der Waals surface area contributed by atoms with Gasteiger partial charge in [-0.25, -0.2) is 0 Å². The van der Waals surface area contributed by atoms with Crippen LogP contribution in [-0.2, 0) is 4.74 Å². The van der Waals surface area contributed by atoms with Gasteiger partial charge in [-0.15, -0.1) is 0 Å². The minimum Gasteiger partial charge on any atom is -0.393 e. The molecule has 1 saturated carbocycles. The number of rotatable bonds is 1. The summed E-state index contributed by atoms with van der Waals surface area (Å²) in [5, 5.41) is 9.66. The fraction of sp³-hybridized carbons (Fsp3) is 1.00. The number of aliphatic hydroxyl groups excluding tert-OH is 1. The zero-order valence-corrected chi connectivity index (χ0v) is 9.21. The molecular formula is C11H22O2. The number of aliphatic hydroxyl groups is 1. The summed E-state index contributed by atoms with van der Waals surface area (Å²) >= 11 is 0. The van der Waals surface area contributed by atoms with Crippen LogP contribution in [0.25, 0.3) is 0 Å². The molecule has 1 aliphatic rings. The topological polar surface area (TPSA) is 29.5 Å². The molecule has 2 unspecified atom stereocenters. The Morgan fingerprint density at radius 2 is 1.85 bits per heavy atom. The largest absolute Gasteiger partial charge is 0.393 e. The van der Waals surface area contributed by atoms with E-state index in [2.05, 4.69) is 27.7 Å². The van der Waals surface area contributed by atoms with Crippen LogP contribution >= 0.6 is 0 Å². The van der Waals surface area contributed by atoms with Crippen LogP contribution in [0.4, 0.5) is 0 Å². The number of hydrogen-bond donors (Lipinski definition) is 1. The molecule has 0 aromatic heterocycles. The van der Waals surface area contributed by atoms with E-state index in [1.165, 1.54) is 0 Å². The average molecular weight is 186 g/mol. The highest BCUT2D eigenvalue weighted by Crippen LogP contribution is 2.28. The van der Waals surface area contributed by atoms with Gasteiger partial charge in [0, 0.05) is 0 Å². The van der Waals surface area contributed by atoms with Gasteiger partial charge in [0.15, 0.2) is 0 Å². The zero-order chi connectivity index (χ0) is 10.1. The molecule has 0 aromatic rings. The second kappa shape index (κ2) is 3.97. The number of ether oxygens (including phenoxy) is 1. The zero-order valence-electron chi connectivity index (χ0n) is 9.21. The maximum Gasteiger partial charge on any atom is 0.0607 e. The standard InChI is InChI=1S/C11H22O2/c1-8-5-6-9(7-10(8)12)13-11(2,3)4/h8-10,12H,5-7H2,1-4H3/t8-,9?,10?/m1/s1. The second-order valence-electron chi connectivity index (χ2n) is 5.21. The Morgan fingerprint density at radius 1 is 1.23 bits per heavy atom. The van der Waals surface area contributed by atoms with Crippen LogP contribution in [-0.4, -0.2) is 22.9 Å². The van der Waals surface area contributed by atoms with E-state index < -0.39 is 0 Å². The Balaban J connectivity index is 2.38. The van der Waals surface area contributed by atoms with E-state index in [9.17, 15) is 5.11 Å². The maximum absolute atomic E-state index is 9.66. The minimum atomic E-state index is -0.166. The molecule has 0 aliphatic heterocycles. The van der Waals surface area contributed by atoms with Gasteiger partial charge in [0.25, 0.3) is 0 Å². The summed E-state index contributed by atoms with van der Waals surface area (Å²) in [6, 6.07) is 0. The molecule has 0 amide bonds. The van der Waals surface area contributed by atoms with Crippen molar-refractivity contribution >= 4 is 0 Å². The smallest absolute Gasteiger partial charge is 0.0607 e. The monoisotopic (exact) mass is 186 g/mol. The second-order valence-corrected chi connectivity index (χ2v) is 5.21. The Bertz CT molecular complexity index is 160. The van der Waals surface area contributed by atoms with Gasteiger partial charge >= 0.3 is 0 Å². The van der Waals surface area contributed by atoms with Gasteiger partial charge in [-0.2, -0.15) is 0 Å². The SMILES string of the molecule is C[C@@H]1CCC(OC(C)(C)C)CC1O. The lowest BCUT2D eigenvalue weighted by Crippen LogP contribution is -2.36. The van der Waals surface area contributed by atoms with Crippen LogP contribution in [0.3, 0.4) is 0 Å². The molecule has 0 spiro atoms. The molecule has 13 heavy (non-hydrogen) atoms. The van der Waals surface area contributed by atoms with Crippen LogP contribution < -0.4 is 0 Å². The molecule has 2 nitrogen and oxygen atoms in total. The van der Waals surface area contributed by atoms with Gasteiger partial charge in [0.2, 0.25) is 0 Å². The third-order valence-electron chi connectivity index (χ3n) is 2.63. The molecule has 0 radical (unpaired) electrons. The van der Waals surface area contributed by atoms with Gasteiger partial charge in [-0.1, -0.05) is 6.92 Å². The van der Waals surface area contributed by atoms with Crippen molar-refractivity contribution < 1.29 is 9.84 Å². The summed E-state index contributed by atoms with van der Waals surface area (Å²) in [5.41, 5.74) is -0.0784. The average Bonchev–Trinajstić information content (AvgIpc) is 1.94. The summed E-state index contributed by atoms with van der Waals surface area (Å²) in [7, 11) is 0. The summed E-state index contributed by atoms with van der Waals surface area (Å²) < 4.78 is 5.84. The lowest BCUT2D eigenvalue weighted by atomic mass is 9.86. The lowest BCUT2D eigenvalue weighted by Gasteiger charge is -2.35. The van der Waals surface area contributed by atoms with E-state index >= 15 is 0 Å². The van der Waals surface area contributed by atoms with Crippen molar-refractivity contribution in [3.8, 4) is 0 Å². The van der Waals surface area contributed by atoms with Gasteiger partial charge in [-0.3, -0.25) is 0 Å². The molecule has 1 fully saturated rings. The molecule has 78 valence electrons. The van der Waals surface area contributed by atoms with Crippen molar-refractivity contribution in [3.63, 3.8) is 0 Å². The van der Waals surface area contributed by atoms with E-state index in [4.69, 9.17) is 4.74 Å². The Kier molecular flexibility index (Phi) is 3.36.